The largest absolute Gasteiger partial charge is 0.397 e. The highest BCUT2D eigenvalue weighted by Gasteiger charge is 2.24. The molecule has 0 bridgehead atoms. The van der Waals surface area contributed by atoms with E-state index in [1.54, 1.807) is 12.1 Å². The molecule has 0 atom stereocenters. The second-order valence-electron chi connectivity index (χ2n) is 4.25. The Morgan fingerprint density at radius 1 is 1.10 bits per heavy atom. The van der Waals surface area contributed by atoms with Crippen LogP contribution in [0.2, 0.25) is 0 Å². The van der Waals surface area contributed by atoms with Crippen LogP contribution in [0.25, 0.3) is 0 Å². The number of halogens is 3. The molecule has 21 heavy (non-hydrogen) atoms. The van der Waals surface area contributed by atoms with E-state index in [1.807, 2.05) is 0 Å². The van der Waals surface area contributed by atoms with Crippen molar-refractivity contribution >= 4 is 37.3 Å². The van der Waals surface area contributed by atoms with E-state index in [9.17, 15) is 17.2 Å². The van der Waals surface area contributed by atoms with Crippen LogP contribution >= 0.6 is 15.9 Å². The Kier molecular flexibility index (Phi) is 4.20. The molecule has 2 aromatic rings. The lowest BCUT2D eigenvalue weighted by atomic mass is 10.3. The summed E-state index contributed by atoms with van der Waals surface area (Å²) < 4.78 is 52.5. The minimum atomic E-state index is -4.04. The molecular formula is C13H11BrF2N2O2S. The third-order valence-electron chi connectivity index (χ3n) is 2.88. The first-order chi connectivity index (χ1) is 9.73. The molecule has 0 aliphatic rings. The molecule has 0 radical (unpaired) electrons. The van der Waals surface area contributed by atoms with E-state index < -0.39 is 21.7 Å². The zero-order valence-corrected chi connectivity index (χ0v) is 13.2. The van der Waals surface area contributed by atoms with Gasteiger partial charge in [-0.25, -0.2) is 17.2 Å². The maximum absolute atomic E-state index is 13.2. The van der Waals surface area contributed by atoms with Gasteiger partial charge in [-0.1, -0.05) is 15.9 Å². The summed E-state index contributed by atoms with van der Waals surface area (Å²) in [5, 5.41) is 0. The Morgan fingerprint density at radius 2 is 1.76 bits per heavy atom. The molecule has 8 heteroatoms. The maximum atomic E-state index is 13.2. The van der Waals surface area contributed by atoms with E-state index in [4.69, 9.17) is 5.73 Å². The molecule has 2 N–H and O–H groups in total. The van der Waals surface area contributed by atoms with E-state index in [2.05, 4.69) is 15.9 Å². The summed E-state index contributed by atoms with van der Waals surface area (Å²) in [6.45, 7) is 0. The van der Waals surface area contributed by atoms with Gasteiger partial charge in [-0.3, -0.25) is 4.31 Å². The van der Waals surface area contributed by atoms with Crippen molar-refractivity contribution in [1.82, 2.24) is 0 Å². The molecule has 0 heterocycles. The fourth-order valence-corrected chi connectivity index (χ4v) is 3.35. The van der Waals surface area contributed by atoms with E-state index in [1.165, 1.54) is 13.1 Å². The molecule has 0 spiro atoms. The van der Waals surface area contributed by atoms with Crippen molar-refractivity contribution in [1.29, 1.82) is 0 Å². The first kappa shape index (κ1) is 15.7. The van der Waals surface area contributed by atoms with Gasteiger partial charge in [0.1, 0.15) is 0 Å². The summed E-state index contributed by atoms with van der Waals surface area (Å²) in [7, 11) is -2.75. The lowest BCUT2D eigenvalue weighted by Crippen LogP contribution is -2.27. The third kappa shape index (κ3) is 3.01. The van der Waals surface area contributed by atoms with Gasteiger partial charge in [-0.2, -0.15) is 0 Å². The molecule has 0 amide bonds. The highest BCUT2D eigenvalue weighted by atomic mass is 79.9. The van der Waals surface area contributed by atoms with Crippen LogP contribution in [0.15, 0.2) is 45.8 Å². The van der Waals surface area contributed by atoms with Crippen molar-refractivity contribution in [2.24, 2.45) is 0 Å². The molecule has 2 aromatic carbocycles. The molecule has 4 nitrogen and oxygen atoms in total. The van der Waals surface area contributed by atoms with Gasteiger partial charge in [-0.15, -0.1) is 0 Å². The fraction of sp³-hybridized carbons (Fsp3) is 0.0769. The Bertz CT molecular complexity index is 797. The number of sulfonamides is 1. The molecule has 0 unspecified atom stereocenters. The molecule has 2 rings (SSSR count). The lowest BCUT2D eigenvalue weighted by Gasteiger charge is -2.21. The van der Waals surface area contributed by atoms with E-state index >= 15 is 0 Å². The number of nitrogens with two attached hydrogens (primary N) is 1. The van der Waals surface area contributed by atoms with Crippen molar-refractivity contribution in [2.75, 3.05) is 17.1 Å². The number of nitrogens with zero attached hydrogens (tertiary/aromatic N) is 1. The first-order valence-electron chi connectivity index (χ1n) is 5.72. The number of benzene rings is 2. The standard InChI is InChI=1S/C13H11BrF2N2O2S/c1-18(13-5-2-8(14)6-12(13)17)21(19,20)9-3-4-10(15)11(16)7-9/h2-7H,17H2,1H3. The molecule has 112 valence electrons. The molecule has 0 fully saturated rings. The maximum Gasteiger partial charge on any atom is 0.264 e. The van der Waals surface area contributed by atoms with Crippen LogP contribution in [0.3, 0.4) is 0 Å². The summed E-state index contributed by atoms with van der Waals surface area (Å²) in [6, 6.07) is 7.09. The molecule has 0 aliphatic heterocycles. The van der Waals surface area contributed by atoms with Crippen molar-refractivity contribution in [3.63, 3.8) is 0 Å². The van der Waals surface area contributed by atoms with Gasteiger partial charge < -0.3 is 5.73 Å². The molecule has 0 aliphatic carbocycles. The monoisotopic (exact) mass is 376 g/mol. The summed E-state index contributed by atoms with van der Waals surface area (Å²) in [4.78, 5) is -0.355. The van der Waals surface area contributed by atoms with Crippen molar-refractivity contribution in [3.8, 4) is 0 Å². The predicted molar refractivity (Wildman–Crippen MR) is 80.5 cm³/mol. The van der Waals surface area contributed by atoms with E-state index in [-0.39, 0.29) is 16.3 Å². The SMILES string of the molecule is CN(c1ccc(Br)cc1N)S(=O)(=O)c1ccc(F)c(F)c1. The number of anilines is 2. The van der Waals surface area contributed by atoms with Crippen LogP contribution in [-0.4, -0.2) is 15.5 Å². The summed E-state index contributed by atoms with van der Waals surface area (Å²) in [6.07, 6.45) is 0. The normalized spacial score (nSPS) is 11.4. The van der Waals surface area contributed by atoms with Gasteiger partial charge in [0.05, 0.1) is 16.3 Å². The summed E-state index contributed by atoms with van der Waals surface area (Å²) in [5.74, 6) is -2.34. The lowest BCUT2D eigenvalue weighted by molar-refractivity contribution is 0.504. The highest BCUT2D eigenvalue weighted by Crippen LogP contribution is 2.30. The third-order valence-corrected chi connectivity index (χ3v) is 5.14. The minimum absolute atomic E-state index is 0.234. The van der Waals surface area contributed by atoms with Gasteiger partial charge in [0, 0.05) is 11.5 Å². The van der Waals surface area contributed by atoms with E-state index in [0.29, 0.717) is 10.5 Å². The average molecular weight is 377 g/mol. The second kappa shape index (κ2) is 5.61. The van der Waals surface area contributed by atoms with Crippen molar-refractivity contribution in [3.05, 3.63) is 52.5 Å². The molecule has 0 aromatic heterocycles. The van der Waals surface area contributed by atoms with Gasteiger partial charge in [-0.05, 0) is 36.4 Å². The zero-order chi connectivity index (χ0) is 15.8. The van der Waals surface area contributed by atoms with Crippen LogP contribution in [0.1, 0.15) is 0 Å². The first-order valence-corrected chi connectivity index (χ1v) is 7.96. The molecular weight excluding hydrogens is 366 g/mol. The fourth-order valence-electron chi connectivity index (χ4n) is 1.74. The number of rotatable bonds is 3. The van der Waals surface area contributed by atoms with Gasteiger partial charge >= 0.3 is 0 Å². The number of nitrogen functional groups attached to an aromatic ring is 1. The zero-order valence-electron chi connectivity index (χ0n) is 10.8. The Hall–Kier alpha value is -1.67. The van der Waals surface area contributed by atoms with Gasteiger partial charge in [0.15, 0.2) is 11.6 Å². The van der Waals surface area contributed by atoms with Crippen LogP contribution in [0.5, 0.6) is 0 Å². The van der Waals surface area contributed by atoms with Crippen LogP contribution in [-0.2, 0) is 10.0 Å². The molecule has 0 saturated heterocycles. The Labute approximate surface area is 129 Å². The smallest absolute Gasteiger partial charge is 0.264 e. The van der Waals surface area contributed by atoms with Crippen molar-refractivity contribution < 1.29 is 17.2 Å². The number of hydrogen-bond acceptors (Lipinski definition) is 3. The minimum Gasteiger partial charge on any atom is -0.397 e. The van der Waals surface area contributed by atoms with Gasteiger partial charge in [0.2, 0.25) is 0 Å². The highest BCUT2D eigenvalue weighted by molar-refractivity contribution is 9.10. The quantitative estimate of drug-likeness (QED) is 0.836. The second-order valence-corrected chi connectivity index (χ2v) is 7.14. The van der Waals surface area contributed by atoms with Gasteiger partial charge in [0.25, 0.3) is 10.0 Å². The average Bonchev–Trinajstić information content (AvgIpc) is 2.41. The Morgan fingerprint density at radius 3 is 2.33 bits per heavy atom. The van der Waals surface area contributed by atoms with Crippen LogP contribution < -0.4 is 10.0 Å². The predicted octanol–water partition coefficient (Wildman–Crippen LogP) is 3.13. The number of hydrogen-bond donors (Lipinski definition) is 1. The van der Waals surface area contributed by atoms with Crippen molar-refractivity contribution in [2.45, 2.75) is 4.90 Å². The van der Waals surface area contributed by atoms with E-state index in [0.717, 1.165) is 16.4 Å². The summed E-state index contributed by atoms with van der Waals surface area (Å²) in [5.41, 5.74) is 6.25. The Balaban J connectivity index is 2.49. The molecule has 0 saturated carbocycles. The summed E-state index contributed by atoms with van der Waals surface area (Å²) >= 11 is 3.22. The topological polar surface area (TPSA) is 63.4 Å². The van der Waals surface area contributed by atoms with Crippen LogP contribution in [0, 0.1) is 11.6 Å². The van der Waals surface area contributed by atoms with Crippen LogP contribution in [0.4, 0.5) is 20.2 Å².